The molecular weight excluding hydrogens is 280 g/mol. The van der Waals surface area contributed by atoms with E-state index in [2.05, 4.69) is 5.32 Å². The summed E-state index contributed by atoms with van der Waals surface area (Å²) < 4.78 is 27.7. The Hall–Kier alpha value is -1.45. The van der Waals surface area contributed by atoms with Crippen LogP contribution in [0.3, 0.4) is 0 Å². The molecule has 4 heteroatoms. The second kappa shape index (κ2) is 5.90. The van der Waals surface area contributed by atoms with E-state index in [1.807, 2.05) is 0 Å². The van der Waals surface area contributed by atoms with Gasteiger partial charge >= 0.3 is 0 Å². The van der Waals surface area contributed by atoms with Gasteiger partial charge in [-0.15, -0.1) is 0 Å². The molecule has 0 fully saturated rings. The van der Waals surface area contributed by atoms with E-state index in [1.165, 1.54) is 12.1 Å². The van der Waals surface area contributed by atoms with E-state index in [1.54, 1.807) is 39.1 Å². The largest absolute Gasteiger partial charge is 0.309 e. The van der Waals surface area contributed by atoms with E-state index in [9.17, 15) is 8.78 Å². The Morgan fingerprint density at radius 2 is 1.65 bits per heavy atom. The van der Waals surface area contributed by atoms with Crippen molar-refractivity contribution in [2.45, 2.75) is 19.9 Å². The zero-order valence-electron chi connectivity index (χ0n) is 11.6. The maximum atomic E-state index is 14.0. The molecule has 0 aliphatic heterocycles. The molecule has 0 spiro atoms. The topological polar surface area (TPSA) is 12.0 Å². The monoisotopic (exact) mass is 295 g/mol. The number of aryl methyl sites for hydroxylation is 2. The average Bonchev–Trinajstić information content (AvgIpc) is 2.40. The predicted molar refractivity (Wildman–Crippen MR) is 78.2 cm³/mol. The van der Waals surface area contributed by atoms with Crippen molar-refractivity contribution in [1.82, 2.24) is 5.32 Å². The SMILES string of the molecule is CNC(c1cc(C)c(F)c(C)c1)c1cc(Cl)ccc1F. The zero-order valence-corrected chi connectivity index (χ0v) is 12.4. The van der Waals surface area contributed by atoms with E-state index in [-0.39, 0.29) is 17.7 Å². The van der Waals surface area contributed by atoms with Gasteiger partial charge in [0.05, 0.1) is 6.04 Å². The molecule has 106 valence electrons. The number of halogens is 3. The van der Waals surface area contributed by atoms with Crippen molar-refractivity contribution < 1.29 is 8.78 Å². The van der Waals surface area contributed by atoms with Gasteiger partial charge in [-0.1, -0.05) is 23.7 Å². The first-order valence-electron chi connectivity index (χ1n) is 6.33. The fourth-order valence-electron chi connectivity index (χ4n) is 2.38. The second-order valence-electron chi connectivity index (χ2n) is 4.86. The summed E-state index contributed by atoms with van der Waals surface area (Å²) in [7, 11) is 1.74. The zero-order chi connectivity index (χ0) is 14.9. The molecule has 2 aromatic carbocycles. The smallest absolute Gasteiger partial charge is 0.129 e. The highest BCUT2D eigenvalue weighted by molar-refractivity contribution is 6.30. The molecule has 1 N–H and O–H groups in total. The molecule has 0 aliphatic carbocycles. The summed E-state index contributed by atoms with van der Waals surface area (Å²) in [6.45, 7) is 3.40. The second-order valence-corrected chi connectivity index (χ2v) is 5.29. The minimum Gasteiger partial charge on any atom is -0.309 e. The quantitative estimate of drug-likeness (QED) is 0.876. The molecule has 20 heavy (non-hydrogen) atoms. The number of hydrogen-bond donors (Lipinski definition) is 1. The lowest BCUT2D eigenvalue weighted by molar-refractivity contribution is 0.573. The lowest BCUT2D eigenvalue weighted by Crippen LogP contribution is -2.19. The van der Waals surface area contributed by atoms with Gasteiger partial charge in [0.15, 0.2) is 0 Å². The fraction of sp³-hybridized carbons (Fsp3) is 0.250. The molecule has 0 heterocycles. The van der Waals surface area contributed by atoms with Gasteiger partial charge in [0, 0.05) is 10.6 Å². The van der Waals surface area contributed by atoms with E-state index >= 15 is 0 Å². The molecule has 0 aliphatic rings. The third-order valence-corrected chi connectivity index (χ3v) is 3.58. The highest BCUT2D eigenvalue weighted by Gasteiger charge is 2.18. The van der Waals surface area contributed by atoms with Crippen molar-refractivity contribution in [2.24, 2.45) is 0 Å². The Balaban J connectivity index is 2.55. The molecule has 0 bridgehead atoms. The molecule has 0 amide bonds. The Kier molecular flexibility index (Phi) is 4.41. The summed E-state index contributed by atoms with van der Waals surface area (Å²) in [6.07, 6.45) is 0. The number of nitrogens with one attached hydrogen (secondary N) is 1. The normalized spacial score (nSPS) is 12.5. The van der Waals surface area contributed by atoms with Gasteiger partial charge in [0.1, 0.15) is 11.6 Å². The van der Waals surface area contributed by atoms with Gasteiger partial charge in [-0.05, 0) is 55.8 Å². The lowest BCUT2D eigenvalue weighted by atomic mass is 9.95. The third-order valence-electron chi connectivity index (χ3n) is 3.35. The number of rotatable bonds is 3. The summed E-state index contributed by atoms with van der Waals surface area (Å²) in [6, 6.07) is 7.52. The van der Waals surface area contributed by atoms with Crippen LogP contribution >= 0.6 is 11.6 Å². The molecule has 1 atom stereocenters. The Morgan fingerprint density at radius 3 is 2.20 bits per heavy atom. The summed E-state index contributed by atoms with van der Waals surface area (Å²) in [5, 5.41) is 3.53. The minimum absolute atomic E-state index is 0.227. The average molecular weight is 296 g/mol. The van der Waals surface area contributed by atoms with Crippen LogP contribution in [-0.4, -0.2) is 7.05 Å². The van der Waals surface area contributed by atoms with Gasteiger partial charge in [-0.3, -0.25) is 0 Å². The minimum atomic E-state index is -0.369. The molecule has 1 unspecified atom stereocenters. The first-order chi connectivity index (χ1) is 9.43. The van der Waals surface area contributed by atoms with Crippen LogP contribution in [0.5, 0.6) is 0 Å². The van der Waals surface area contributed by atoms with Gasteiger partial charge < -0.3 is 5.32 Å². The van der Waals surface area contributed by atoms with Crippen molar-refractivity contribution in [1.29, 1.82) is 0 Å². The van der Waals surface area contributed by atoms with Crippen molar-refractivity contribution in [2.75, 3.05) is 7.05 Å². The molecule has 0 radical (unpaired) electrons. The maximum absolute atomic E-state index is 14.0. The van der Waals surface area contributed by atoms with E-state index in [4.69, 9.17) is 11.6 Å². The van der Waals surface area contributed by atoms with Crippen molar-refractivity contribution in [3.8, 4) is 0 Å². The first kappa shape index (κ1) is 14.9. The van der Waals surface area contributed by atoms with Gasteiger partial charge in [0.25, 0.3) is 0 Å². The summed E-state index contributed by atoms with van der Waals surface area (Å²) in [5.74, 6) is -0.566. The van der Waals surface area contributed by atoms with Crippen LogP contribution in [0.25, 0.3) is 0 Å². The fourth-order valence-corrected chi connectivity index (χ4v) is 2.56. The van der Waals surface area contributed by atoms with Gasteiger partial charge in [-0.25, -0.2) is 8.78 Å². The van der Waals surface area contributed by atoms with E-state index < -0.39 is 0 Å². The molecule has 0 saturated carbocycles. The summed E-state index contributed by atoms with van der Waals surface area (Å²) >= 11 is 5.94. The maximum Gasteiger partial charge on any atom is 0.129 e. The van der Waals surface area contributed by atoms with Crippen LogP contribution in [0.1, 0.15) is 28.3 Å². The molecule has 0 aromatic heterocycles. The summed E-state index contributed by atoms with van der Waals surface area (Å²) in [4.78, 5) is 0. The molecular formula is C16H16ClF2N. The highest BCUT2D eigenvalue weighted by atomic mass is 35.5. The van der Waals surface area contributed by atoms with Crippen LogP contribution in [0.4, 0.5) is 8.78 Å². The molecule has 1 nitrogen and oxygen atoms in total. The Morgan fingerprint density at radius 1 is 1.05 bits per heavy atom. The van der Waals surface area contributed by atoms with Gasteiger partial charge in [-0.2, -0.15) is 0 Å². The van der Waals surface area contributed by atoms with Crippen LogP contribution in [0, 0.1) is 25.5 Å². The molecule has 0 saturated heterocycles. The van der Waals surface area contributed by atoms with Crippen LogP contribution in [0.15, 0.2) is 30.3 Å². The lowest BCUT2D eigenvalue weighted by Gasteiger charge is -2.20. The standard InChI is InChI=1S/C16H16ClF2N/c1-9-6-11(7-10(2)15(9)19)16(20-3)13-8-12(17)4-5-14(13)18/h4-8,16,20H,1-3H3. The van der Waals surface area contributed by atoms with Crippen LogP contribution < -0.4 is 5.32 Å². The first-order valence-corrected chi connectivity index (χ1v) is 6.70. The Bertz CT molecular complexity index is 617. The predicted octanol–water partition coefficient (Wildman–Crippen LogP) is 4.54. The third kappa shape index (κ3) is 2.84. The van der Waals surface area contributed by atoms with E-state index in [0.717, 1.165) is 5.56 Å². The number of hydrogen-bond acceptors (Lipinski definition) is 1. The molecule has 2 rings (SSSR count). The Labute approximate surface area is 122 Å². The highest BCUT2D eigenvalue weighted by Crippen LogP contribution is 2.28. The van der Waals surface area contributed by atoms with E-state index in [0.29, 0.717) is 21.7 Å². The summed E-state index contributed by atoms with van der Waals surface area (Å²) in [5.41, 5.74) is 2.35. The van der Waals surface area contributed by atoms with Crippen molar-refractivity contribution >= 4 is 11.6 Å². The van der Waals surface area contributed by atoms with Crippen LogP contribution in [-0.2, 0) is 0 Å². The van der Waals surface area contributed by atoms with Crippen molar-refractivity contribution in [3.05, 3.63) is 69.2 Å². The van der Waals surface area contributed by atoms with Crippen LogP contribution in [0.2, 0.25) is 5.02 Å². The van der Waals surface area contributed by atoms with Gasteiger partial charge in [0.2, 0.25) is 0 Å². The molecule has 2 aromatic rings. The number of benzene rings is 2. The van der Waals surface area contributed by atoms with Crippen molar-refractivity contribution in [3.63, 3.8) is 0 Å².